The maximum atomic E-state index is 14.2. The first-order valence-electron chi connectivity index (χ1n) is 11.8. The van der Waals surface area contributed by atoms with Crippen LogP contribution in [0.3, 0.4) is 0 Å². The standard InChI is InChI=1S/C24H26FN4O6PS/c1-3-35-36(32)20-13-16(28-37(2,33)34)7-8-18(20)26-23(27-36)21-22(30)17-12-15(25)6-9-19(17)29(24(21)31)11-10-14-4-5-14/h6-9,12-14,28,30H,3-5,10-11H2,1-2H3,(H,26,27,32). The molecule has 0 spiro atoms. The van der Waals surface area contributed by atoms with Crippen LogP contribution in [0, 0.1) is 11.7 Å². The van der Waals surface area contributed by atoms with E-state index < -0.39 is 34.7 Å². The van der Waals surface area contributed by atoms with Crippen LogP contribution in [-0.2, 0) is 25.7 Å². The predicted octanol–water partition coefficient (Wildman–Crippen LogP) is 3.75. The summed E-state index contributed by atoms with van der Waals surface area (Å²) in [6.07, 6.45) is 3.92. The van der Waals surface area contributed by atoms with E-state index in [0.717, 1.165) is 31.6 Å². The highest BCUT2D eigenvalue weighted by atomic mass is 32.2. The molecule has 1 atom stereocenters. The summed E-state index contributed by atoms with van der Waals surface area (Å²) in [6.45, 7) is 2.00. The zero-order valence-corrected chi connectivity index (χ0v) is 21.9. The number of aryl methyl sites for hydroxylation is 1. The first-order valence-corrected chi connectivity index (χ1v) is 15.3. The van der Waals surface area contributed by atoms with E-state index in [2.05, 4.69) is 14.8 Å². The molecule has 2 aliphatic rings. The Labute approximate surface area is 212 Å². The van der Waals surface area contributed by atoms with Gasteiger partial charge >= 0.3 is 7.52 Å². The molecule has 0 amide bonds. The first-order chi connectivity index (χ1) is 17.5. The van der Waals surface area contributed by atoms with Crippen LogP contribution in [0.15, 0.2) is 46.0 Å². The Balaban J connectivity index is 1.69. The molecule has 0 radical (unpaired) electrons. The molecule has 0 saturated heterocycles. The number of pyridine rings is 1. The molecule has 1 saturated carbocycles. The number of hydrogen-bond acceptors (Lipinski definition) is 7. The second-order valence-electron chi connectivity index (χ2n) is 9.19. The van der Waals surface area contributed by atoms with Crippen LogP contribution in [0.1, 0.15) is 31.7 Å². The van der Waals surface area contributed by atoms with Crippen molar-refractivity contribution in [3.63, 3.8) is 0 Å². The largest absolute Gasteiger partial charge is 0.506 e. The van der Waals surface area contributed by atoms with Crippen molar-refractivity contribution in [3.05, 3.63) is 58.1 Å². The van der Waals surface area contributed by atoms with Gasteiger partial charge in [0.05, 0.1) is 29.4 Å². The highest BCUT2D eigenvalue weighted by molar-refractivity contribution is 7.92. The third-order valence-corrected chi connectivity index (χ3v) is 8.95. The molecule has 37 heavy (non-hydrogen) atoms. The van der Waals surface area contributed by atoms with E-state index in [1.54, 1.807) is 6.92 Å². The highest BCUT2D eigenvalue weighted by Gasteiger charge is 2.36. The molecule has 1 unspecified atom stereocenters. The lowest BCUT2D eigenvalue weighted by atomic mass is 10.1. The van der Waals surface area contributed by atoms with E-state index in [-0.39, 0.29) is 40.1 Å². The van der Waals surface area contributed by atoms with Gasteiger partial charge in [0.2, 0.25) is 10.0 Å². The molecule has 1 aliphatic carbocycles. The average molecular weight is 549 g/mol. The smallest absolute Gasteiger partial charge is 0.348 e. The third-order valence-electron chi connectivity index (χ3n) is 6.29. The SMILES string of the molecule is CCOP1(=O)N=C(c2c(O)c3cc(F)ccc3n(CCC3CC3)c2=O)Nc2ccc(NS(C)(=O)=O)cc21. The molecule has 1 aliphatic heterocycles. The van der Waals surface area contributed by atoms with Gasteiger partial charge in [0.1, 0.15) is 17.1 Å². The van der Waals surface area contributed by atoms with Crippen LogP contribution >= 0.6 is 7.52 Å². The number of benzene rings is 2. The summed E-state index contributed by atoms with van der Waals surface area (Å²) >= 11 is 0. The van der Waals surface area contributed by atoms with Gasteiger partial charge in [-0.1, -0.05) is 12.8 Å². The fourth-order valence-corrected chi connectivity index (χ4v) is 6.80. The topological polar surface area (TPSA) is 139 Å². The lowest BCUT2D eigenvalue weighted by Crippen LogP contribution is -2.34. The first kappa shape index (κ1) is 25.4. The van der Waals surface area contributed by atoms with Gasteiger partial charge < -0.3 is 19.5 Å². The Kier molecular flexibility index (Phi) is 6.37. The van der Waals surface area contributed by atoms with Crippen molar-refractivity contribution in [1.29, 1.82) is 0 Å². The number of nitrogens with zero attached hydrogens (tertiary/aromatic N) is 2. The lowest BCUT2D eigenvalue weighted by Gasteiger charge is -2.26. The fraction of sp³-hybridized carbons (Fsp3) is 0.333. The number of aromatic hydroxyl groups is 1. The van der Waals surface area contributed by atoms with Gasteiger partial charge in [-0.25, -0.2) is 12.8 Å². The predicted molar refractivity (Wildman–Crippen MR) is 141 cm³/mol. The van der Waals surface area contributed by atoms with Crippen LogP contribution in [0.5, 0.6) is 5.75 Å². The van der Waals surface area contributed by atoms with Gasteiger partial charge in [0.15, 0.2) is 5.84 Å². The van der Waals surface area contributed by atoms with Crippen molar-refractivity contribution >= 4 is 51.0 Å². The lowest BCUT2D eigenvalue weighted by molar-refractivity contribution is 0.341. The number of hydrogen-bond donors (Lipinski definition) is 3. The molecule has 1 aromatic heterocycles. The summed E-state index contributed by atoms with van der Waals surface area (Å²) < 4.78 is 65.0. The van der Waals surface area contributed by atoms with E-state index in [9.17, 15) is 27.3 Å². The van der Waals surface area contributed by atoms with Crippen LogP contribution in [0.25, 0.3) is 10.9 Å². The van der Waals surface area contributed by atoms with Crippen molar-refractivity contribution in [2.24, 2.45) is 10.7 Å². The van der Waals surface area contributed by atoms with Crippen LogP contribution in [0.2, 0.25) is 0 Å². The van der Waals surface area contributed by atoms with E-state index >= 15 is 0 Å². The molecule has 1 fully saturated rings. The number of anilines is 2. The molecule has 196 valence electrons. The Bertz CT molecular complexity index is 1670. The Morgan fingerprint density at radius 1 is 1.27 bits per heavy atom. The number of rotatable bonds is 8. The van der Waals surface area contributed by atoms with E-state index in [4.69, 9.17) is 4.52 Å². The normalized spacial score (nSPS) is 19.3. The zero-order chi connectivity index (χ0) is 26.5. The minimum absolute atomic E-state index is 0.0117. The molecule has 3 N–H and O–H groups in total. The molecule has 2 heterocycles. The van der Waals surface area contributed by atoms with Crippen molar-refractivity contribution in [3.8, 4) is 5.75 Å². The van der Waals surface area contributed by atoms with E-state index in [0.29, 0.717) is 18.0 Å². The summed E-state index contributed by atoms with van der Waals surface area (Å²) in [6, 6.07) is 8.11. The van der Waals surface area contributed by atoms with E-state index in [1.165, 1.54) is 34.9 Å². The Hall–Kier alpha value is -3.21. The molecule has 5 rings (SSSR count). The van der Waals surface area contributed by atoms with Crippen LogP contribution in [-0.4, -0.2) is 36.8 Å². The molecule has 3 aromatic rings. The van der Waals surface area contributed by atoms with Gasteiger partial charge in [-0.2, -0.15) is 4.76 Å². The van der Waals surface area contributed by atoms with Gasteiger partial charge in [-0.05, 0) is 55.7 Å². The van der Waals surface area contributed by atoms with Crippen molar-refractivity contribution in [2.45, 2.75) is 32.7 Å². The summed E-state index contributed by atoms with van der Waals surface area (Å²) in [5.74, 6) is -0.738. The molecular formula is C24H26FN4O6PS. The van der Waals surface area contributed by atoms with Gasteiger partial charge in [-0.3, -0.25) is 14.1 Å². The fourth-order valence-electron chi connectivity index (χ4n) is 4.44. The third kappa shape index (κ3) is 5.01. The summed E-state index contributed by atoms with van der Waals surface area (Å²) in [7, 11) is -7.61. The maximum absolute atomic E-state index is 14.2. The molecule has 0 bridgehead atoms. The maximum Gasteiger partial charge on any atom is 0.348 e. The number of halogens is 1. The second-order valence-corrected chi connectivity index (χ2v) is 12.9. The number of amidine groups is 1. The van der Waals surface area contributed by atoms with Crippen molar-refractivity contribution < 1.29 is 27.0 Å². The highest BCUT2D eigenvalue weighted by Crippen LogP contribution is 2.52. The quantitative estimate of drug-likeness (QED) is 0.365. The average Bonchev–Trinajstić information content (AvgIpc) is 3.63. The monoisotopic (exact) mass is 548 g/mol. The zero-order valence-electron chi connectivity index (χ0n) is 20.2. The van der Waals surface area contributed by atoms with Gasteiger partial charge in [0, 0.05) is 17.6 Å². The molecule has 10 nitrogen and oxygen atoms in total. The van der Waals surface area contributed by atoms with Crippen LogP contribution in [0.4, 0.5) is 15.8 Å². The molecule has 13 heteroatoms. The Morgan fingerprint density at radius 2 is 2.03 bits per heavy atom. The molecular weight excluding hydrogens is 522 g/mol. The number of aromatic nitrogens is 1. The summed E-state index contributed by atoms with van der Waals surface area (Å²) in [5, 5.41) is 14.3. The number of fused-ring (bicyclic) bond motifs is 2. The summed E-state index contributed by atoms with van der Waals surface area (Å²) in [4.78, 5) is 13.7. The second kappa shape index (κ2) is 9.27. The van der Waals surface area contributed by atoms with Crippen LogP contribution < -0.4 is 20.9 Å². The summed E-state index contributed by atoms with van der Waals surface area (Å²) in [5.41, 5.74) is -0.00522. The minimum Gasteiger partial charge on any atom is -0.506 e. The van der Waals surface area contributed by atoms with Crippen molar-refractivity contribution in [2.75, 3.05) is 22.9 Å². The van der Waals surface area contributed by atoms with Gasteiger partial charge in [0.25, 0.3) is 5.56 Å². The van der Waals surface area contributed by atoms with E-state index in [1.807, 2.05) is 0 Å². The number of sulfonamides is 1. The minimum atomic E-state index is -4.01. The Morgan fingerprint density at radius 3 is 2.70 bits per heavy atom. The number of nitrogens with one attached hydrogen (secondary N) is 2. The molecule has 2 aromatic carbocycles. The van der Waals surface area contributed by atoms with Gasteiger partial charge in [-0.15, -0.1) is 0 Å². The van der Waals surface area contributed by atoms with Crippen molar-refractivity contribution in [1.82, 2.24) is 4.57 Å².